The zero-order chi connectivity index (χ0) is 27.0. The lowest BCUT2D eigenvalue weighted by Gasteiger charge is -2.35. The highest BCUT2D eigenvalue weighted by molar-refractivity contribution is 7.89. The van der Waals surface area contributed by atoms with Gasteiger partial charge in [-0.3, -0.25) is 9.59 Å². The van der Waals surface area contributed by atoms with E-state index in [1.165, 1.54) is 4.31 Å². The molecule has 2 aromatic rings. The van der Waals surface area contributed by atoms with E-state index in [9.17, 15) is 18.0 Å². The van der Waals surface area contributed by atoms with Crippen molar-refractivity contribution >= 4 is 38.9 Å². The molecular weight excluding hydrogens is 500 g/mol. The number of piperidine rings is 1. The summed E-state index contributed by atoms with van der Waals surface area (Å²) < 4.78 is 28.5. The van der Waals surface area contributed by atoms with Gasteiger partial charge in [-0.2, -0.15) is 4.31 Å². The lowest BCUT2D eigenvalue weighted by molar-refractivity contribution is -0.124. The first-order chi connectivity index (χ1) is 18.1. The number of hydrogen-bond acceptors (Lipinski definition) is 5. The van der Waals surface area contributed by atoms with Gasteiger partial charge in [-0.25, -0.2) is 8.42 Å². The lowest BCUT2D eigenvalue weighted by Crippen LogP contribution is -2.42. The normalized spacial score (nSPS) is 19.0. The zero-order valence-corrected chi connectivity index (χ0v) is 23.4. The van der Waals surface area contributed by atoms with Crippen LogP contribution in [0.1, 0.15) is 49.7 Å². The Morgan fingerprint density at radius 2 is 1.66 bits per heavy atom. The summed E-state index contributed by atoms with van der Waals surface area (Å²) >= 11 is 0. The number of anilines is 3. The third-order valence-electron chi connectivity index (χ3n) is 8.31. The Hall–Kier alpha value is -2.91. The molecule has 2 fully saturated rings. The summed E-state index contributed by atoms with van der Waals surface area (Å²) in [5, 5.41) is 3.02. The molecule has 1 aliphatic carbocycles. The second kappa shape index (κ2) is 10.7. The van der Waals surface area contributed by atoms with Crippen LogP contribution in [-0.2, 0) is 26.0 Å². The van der Waals surface area contributed by atoms with Crippen molar-refractivity contribution in [2.45, 2.75) is 56.8 Å². The Balaban J connectivity index is 1.23. The minimum absolute atomic E-state index is 0.0689. The third kappa shape index (κ3) is 5.18. The predicted molar refractivity (Wildman–Crippen MR) is 150 cm³/mol. The number of amides is 2. The molecule has 0 aromatic heterocycles. The molecule has 0 spiro atoms. The molecule has 2 aromatic carbocycles. The zero-order valence-electron chi connectivity index (χ0n) is 22.6. The Morgan fingerprint density at radius 1 is 0.921 bits per heavy atom. The summed E-state index contributed by atoms with van der Waals surface area (Å²) in [5.41, 5.74) is 4.71. The van der Waals surface area contributed by atoms with Gasteiger partial charge in [0.25, 0.3) is 0 Å². The maximum absolute atomic E-state index is 13.5. The lowest BCUT2D eigenvalue weighted by atomic mass is 9.83. The first kappa shape index (κ1) is 26.7. The van der Waals surface area contributed by atoms with Crippen molar-refractivity contribution in [3.05, 3.63) is 47.5 Å². The first-order valence-electron chi connectivity index (χ1n) is 13.7. The Bertz CT molecular complexity index is 1330. The van der Waals surface area contributed by atoms with Crippen molar-refractivity contribution in [3.8, 4) is 0 Å². The molecule has 0 radical (unpaired) electrons. The summed E-state index contributed by atoms with van der Waals surface area (Å²) in [4.78, 5) is 30.0. The van der Waals surface area contributed by atoms with Gasteiger partial charge in [0.2, 0.25) is 21.8 Å². The summed E-state index contributed by atoms with van der Waals surface area (Å²) in [6.07, 6.45) is 5.57. The minimum atomic E-state index is -3.68. The van der Waals surface area contributed by atoms with Gasteiger partial charge in [0.15, 0.2) is 0 Å². The standard InChI is InChI=1S/C29H38N4O4S/c1-20-9-10-24(19-27(20)31(2)3)30-28(34)21-13-16-32(17-14-21)38(36,37)25-11-12-26-23(18-25)8-5-15-33(26)29(35)22-6-4-7-22/h9-12,18-19,21-22H,4-8,13-17H2,1-3H3,(H,30,34). The maximum atomic E-state index is 13.5. The fourth-order valence-corrected chi connectivity index (χ4v) is 7.28. The summed E-state index contributed by atoms with van der Waals surface area (Å²) in [6.45, 7) is 3.34. The molecule has 0 unspecified atom stereocenters. The van der Waals surface area contributed by atoms with Crippen molar-refractivity contribution in [1.29, 1.82) is 0 Å². The van der Waals surface area contributed by atoms with Crippen molar-refractivity contribution in [3.63, 3.8) is 0 Å². The molecule has 2 aliphatic heterocycles. The number of nitrogens with zero attached hydrogens (tertiary/aromatic N) is 3. The van der Waals surface area contributed by atoms with Gasteiger partial charge in [-0.1, -0.05) is 12.5 Å². The molecule has 3 aliphatic rings. The van der Waals surface area contributed by atoms with E-state index < -0.39 is 10.0 Å². The largest absolute Gasteiger partial charge is 0.377 e. The SMILES string of the molecule is Cc1ccc(NC(=O)C2CCN(S(=O)(=O)c3ccc4c(c3)CCCN4C(=O)C3CCC3)CC2)cc1N(C)C. The topological polar surface area (TPSA) is 90.0 Å². The number of rotatable bonds is 6. The Morgan fingerprint density at radius 3 is 2.32 bits per heavy atom. The van der Waals surface area contributed by atoms with E-state index in [-0.39, 0.29) is 28.5 Å². The first-order valence-corrected chi connectivity index (χ1v) is 15.1. The van der Waals surface area contributed by atoms with Gasteiger partial charge < -0.3 is 15.1 Å². The van der Waals surface area contributed by atoms with Gasteiger partial charge >= 0.3 is 0 Å². The molecule has 2 heterocycles. The highest BCUT2D eigenvalue weighted by Crippen LogP contribution is 2.36. The number of aryl methyl sites for hydroxylation is 2. The summed E-state index contributed by atoms with van der Waals surface area (Å²) in [6, 6.07) is 11.0. The number of hydrogen-bond donors (Lipinski definition) is 1. The molecule has 5 rings (SSSR count). The van der Waals surface area contributed by atoms with Crippen LogP contribution in [0, 0.1) is 18.8 Å². The highest BCUT2D eigenvalue weighted by atomic mass is 32.2. The summed E-state index contributed by atoms with van der Waals surface area (Å²) in [5.74, 6) is -0.0126. The van der Waals surface area contributed by atoms with Crippen LogP contribution in [0.25, 0.3) is 0 Å². The highest BCUT2D eigenvalue weighted by Gasteiger charge is 2.35. The number of carbonyl (C=O) groups is 2. The van der Waals surface area contributed by atoms with Gasteiger partial charge in [-0.05, 0) is 86.9 Å². The van der Waals surface area contributed by atoms with Crippen LogP contribution in [0.5, 0.6) is 0 Å². The second-order valence-corrected chi connectivity index (χ2v) is 13.0. The van der Waals surface area contributed by atoms with Crippen LogP contribution < -0.4 is 15.1 Å². The Kier molecular flexibility index (Phi) is 7.51. The second-order valence-electron chi connectivity index (χ2n) is 11.1. The number of fused-ring (bicyclic) bond motifs is 1. The maximum Gasteiger partial charge on any atom is 0.243 e. The van der Waals surface area contributed by atoms with E-state index in [4.69, 9.17) is 0 Å². The van der Waals surface area contributed by atoms with E-state index in [0.717, 1.165) is 60.3 Å². The van der Waals surface area contributed by atoms with E-state index in [0.29, 0.717) is 32.5 Å². The average molecular weight is 539 g/mol. The van der Waals surface area contributed by atoms with Gasteiger partial charge in [0.05, 0.1) is 4.90 Å². The molecule has 0 bridgehead atoms. The molecule has 204 valence electrons. The Labute approximate surface area is 226 Å². The fourth-order valence-electron chi connectivity index (χ4n) is 5.76. The average Bonchev–Trinajstić information content (AvgIpc) is 2.88. The van der Waals surface area contributed by atoms with Crippen LogP contribution in [0.3, 0.4) is 0 Å². The van der Waals surface area contributed by atoms with Crippen LogP contribution >= 0.6 is 0 Å². The van der Waals surface area contributed by atoms with Crippen LogP contribution in [0.15, 0.2) is 41.3 Å². The van der Waals surface area contributed by atoms with Crippen molar-refractivity contribution in [2.24, 2.45) is 11.8 Å². The van der Waals surface area contributed by atoms with Crippen molar-refractivity contribution in [2.75, 3.05) is 48.8 Å². The molecule has 2 amide bonds. The minimum Gasteiger partial charge on any atom is -0.377 e. The van der Waals surface area contributed by atoms with Crippen molar-refractivity contribution in [1.82, 2.24) is 4.31 Å². The third-order valence-corrected chi connectivity index (χ3v) is 10.2. The van der Waals surface area contributed by atoms with Crippen LogP contribution in [0.2, 0.25) is 0 Å². The molecule has 38 heavy (non-hydrogen) atoms. The fraction of sp³-hybridized carbons (Fsp3) is 0.517. The number of sulfonamides is 1. The molecule has 1 N–H and O–H groups in total. The molecule has 0 atom stereocenters. The quantitative estimate of drug-likeness (QED) is 0.596. The van der Waals surface area contributed by atoms with Gasteiger partial charge in [0.1, 0.15) is 0 Å². The van der Waals surface area contributed by atoms with E-state index in [1.54, 1.807) is 12.1 Å². The molecule has 8 nitrogen and oxygen atoms in total. The number of carbonyl (C=O) groups excluding carboxylic acids is 2. The molecular formula is C29H38N4O4S. The van der Waals surface area contributed by atoms with E-state index >= 15 is 0 Å². The molecule has 1 saturated heterocycles. The monoisotopic (exact) mass is 538 g/mol. The number of benzene rings is 2. The van der Waals surface area contributed by atoms with Crippen LogP contribution in [-0.4, -0.2) is 58.3 Å². The smallest absolute Gasteiger partial charge is 0.243 e. The number of nitrogens with one attached hydrogen (secondary N) is 1. The summed E-state index contributed by atoms with van der Waals surface area (Å²) in [7, 11) is 0.261. The predicted octanol–water partition coefficient (Wildman–Crippen LogP) is 4.18. The molecule has 1 saturated carbocycles. The van der Waals surface area contributed by atoms with Crippen LogP contribution in [0.4, 0.5) is 17.1 Å². The molecule has 9 heteroatoms. The van der Waals surface area contributed by atoms with E-state index in [1.807, 2.05) is 55.1 Å². The van der Waals surface area contributed by atoms with Gasteiger partial charge in [-0.15, -0.1) is 0 Å². The van der Waals surface area contributed by atoms with E-state index in [2.05, 4.69) is 5.32 Å². The van der Waals surface area contributed by atoms with Crippen molar-refractivity contribution < 1.29 is 18.0 Å². The van der Waals surface area contributed by atoms with Gasteiger partial charge in [0, 0.05) is 62.6 Å².